The van der Waals surface area contributed by atoms with Gasteiger partial charge in [0.2, 0.25) is 5.82 Å². The standard InChI is InChI=1S/C11H12BrN3O2/c1-6(16-2)10-14-11(17-15-10)8-5-7(13)3-4-9(8)12/h3-6H,13H2,1-2H3. The summed E-state index contributed by atoms with van der Waals surface area (Å²) in [4.78, 5) is 4.26. The highest BCUT2D eigenvalue weighted by molar-refractivity contribution is 9.10. The van der Waals surface area contributed by atoms with Gasteiger partial charge < -0.3 is 15.0 Å². The Morgan fingerprint density at radius 3 is 2.94 bits per heavy atom. The zero-order chi connectivity index (χ0) is 12.4. The molecule has 1 atom stereocenters. The van der Waals surface area contributed by atoms with Crippen molar-refractivity contribution in [2.24, 2.45) is 0 Å². The number of benzene rings is 1. The number of rotatable bonds is 3. The van der Waals surface area contributed by atoms with E-state index in [0.29, 0.717) is 17.4 Å². The third-order valence-corrected chi connectivity index (χ3v) is 3.07. The molecular weight excluding hydrogens is 286 g/mol. The number of hydrogen-bond donors (Lipinski definition) is 1. The van der Waals surface area contributed by atoms with Crippen molar-refractivity contribution in [1.82, 2.24) is 10.1 Å². The molecule has 2 N–H and O–H groups in total. The molecule has 0 radical (unpaired) electrons. The lowest BCUT2D eigenvalue weighted by Gasteiger charge is -2.02. The monoisotopic (exact) mass is 297 g/mol. The van der Waals surface area contributed by atoms with Crippen LogP contribution < -0.4 is 5.73 Å². The molecule has 0 bridgehead atoms. The predicted molar refractivity (Wildman–Crippen MR) is 67.3 cm³/mol. The predicted octanol–water partition coefficient (Wildman–Crippen LogP) is 2.79. The second-order valence-corrected chi connectivity index (χ2v) is 4.43. The second-order valence-electron chi connectivity index (χ2n) is 3.57. The van der Waals surface area contributed by atoms with E-state index in [1.807, 2.05) is 13.0 Å². The van der Waals surface area contributed by atoms with Crippen LogP contribution in [0, 0.1) is 0 Å². The Morgan fingerprint density at radius 2 is 2.24 bits per heavy atom. The first kappa shape index (κ1) is 12.1. The average Bonchev–Trinajstić information content (AvgIpc) is 2.80. The average molecular weight is 298 g/mol. The summed E-state index contributed by atoms with van der Waals surface area (Å²) in [6, 6.07) is 5.41. The van der Waals surface area contributed by atoms with E-state index in [2.05, 4.69) is 26.1 Å². The maximum absolute atomic E-state index is 5.72. The van der Waals surface area contributed by atoms with Crippen LogP contribution in [0.25, 0.3) is 11.5 Å². The van der Waals surface area contributed by atoms with E-state index in [9.17, 15) is 0 Å². The normalized spacial score (nSPS) is 12.6. The minimum atomic E-state index is -0.202. The van der Waals surface area contributed by atoms with Gasteiger partial charge in [0.15, 0.2) is 0 Å². The molecule has 0 saturated carbocycles. The van der Waals surface area contributed by atoms with Gasteiger partial charge in [0.1, 0.15) is 6.10 Å². The van der Waals surface area contributed by atoms with Gasteiger partial charge in [0, 0.05) is 17.3 Å². The lowest BCUT2D eigenvalue weighted by atomic mass is 10.2. The smallest absolute Gasteiger partial charge is 0.259 e. The van der Waals surface area contributed by atoms with E-state index in [4.69, 9.17) is 15.0 Å². The van der Waals surface area contributed by atoms with Gasteiger partial charge >= 0.3 is 0 Å². The zero-order valence-electron chi connectivity index (χ0n) is 9.48. The summed E-state index contributed by atoms with van der Waals surface area (Å²) in [5, 5.41) is 3.86. The molecule has 0 spiro atoms. The summed E-state index contributed by atoms with van der Waals surface area (Å²) < 4.78 is 11.2. The Bertz CT molecular complexity index is 527. The number of aromatic nitrogens is 2. The fraction of sp³-hybridized carbons (Fsp3) is 0.273. The molecule has 0 fully saturated rings. The Labute approximate surface area is 107 Å². The number of nitrogens with zero attached hydrogens (tertiary/aromatic N) is 2. The van der Waals surface area contributed by atoms with Crippen molar-refractivity contribution >= 4 is 21.6 Å². The Kier molecular flexibility index (Phi) is 3.44. The van der Waals surface area contributed by atoms with Gasteiger partial charge in [-0.1, -0.05) is 5.16 Å². The molecule has 0 aliphatic carbocycles. The molecule has 0 aliphatic heterocycles. The third-order valence-electron chi connectivity index (χ3n) is 2.38. The molecule has 90 valence electrons. The van der Waals surface area contributed by atoms with Gasteiger partial charge in [0.25, 0.3) is 5.89 Å². The van der Waals surface area contributed by atoms with E-state index < -0.39 is 0 Å². The number of hydrogen-bond acceptors (Lipinski definition) is 5. The van der Waals surface area contributed by atoms with Crippen LogP contribution in [0.3, 0.4) is 0 Å². The van der Waals surface area contributed by atoms with Gasteiger partial charge in [-0.3, -0.25) is 0 Å². The van der Waals surface area contributed by atoms with Crippen LogP contribution in [0.15, 0.2) is 27.2 Å². The van der Waals surface area contributed by atoms with Crippen LogP contribution in [-0.4, -0.2) is 17.3 Å². The van der Waals surface area contributed by atoms with Crippen molar-refractivity contribution in [1.29, 1.82) is 0 Å². The van der Waals surface area contributed by atoms with Crippen LogP contribution in [0.1, 0.15) is 18.9 Å². The van der Waals surface area contributed by atoms with E-state index in [1.54, 1.807) is 19.2 Å². The summed E-state index contributed by atoms with van der Waals surface area (Å²) in [5.74, 6) is 0.930. The molecule has 1 aromatic heterocycles. The zero-order valence-corrected chi connectivity index (χ0v) is 11.1. The van der Waals surface area contributed by atoms with Crippen LogP contribution in [0.5, 0.6) is 0 Å². The molecule has 0 saturated heterocycles. The van der Waals surface area contributed by atoms with Crippen LogP contribution in [-0.2, 0) is 4.74 Å². The first-order valence-corrected chi connectivity index (χ1v) is 5.83. The number of ether oxygens (including phenoxy) is 1. The molecule has 1 unspecified atom stereocenters. The molecule has 5 nitrogen and oxygen atoms in total. The van der Waals surface area contributed by atoms with E-state index in [1.165, 1.54) is 0 Å². The van der Waals surface area contributed by atoms with Crippen LogP contribution in [0.4, 0.5) is 5.69 Å². The summed E-state index contributed by atoms with van der Waals surface area (Å²) in [6.45, 7) is 1.85. The molecule has 1 aromatic carbocycles. The highest BCUT2D eigenvalue weighted by Gasteiger charge is 2.16. The lowest BCUT2D eigenvalue weighted by Crippen LogP contribution is -1.97. The van der Waals surface area contributed by atoms with Gasteiger partial charge in [-0.05, 0) is 41.1 Å². The van der Waals surface area contributed by atoms with Crippen molar-refractivity contribution in [2.75, 3.05) is 12.8 Å². The van der Waals surface area contributed by atoms with E-state index in [-0.39, 0.29) is 6.10 Å². The number of anilines is 1. The molecule has 2 aromatic rings. The molecular formula is C11H12BrN3O2. The van der Waals surface area contributed by atoms with Gasteiger partial charge in [-0.25, -0.2) is 0 Å². The highest BCUT2D eigenvalue weighted by atomic mass is 79.9. The Balaban J connectivity index is 2.40. The fourth-order valence-electron chi connectivity index (χ4n) is 1.32. The SMILES string of the molecule is COC(C)c1noc(-c2cc(N)ccc2Br)n1. The van der Waals surface area contributed by atoms with Gasteiger partial charge in [-0.2, -0.15) is 4.98 Å². The number of methoxy groups -OCH3 is 1. The van der Waals surface area contributed by atoms with Crippen molar-refractivity contribution in [2.45, 2.75) is 13.0 Å². The quantitative estimate of drug-likeness (QED) is 0.882. The van der Waals surface area contributed by atoms with Crippen LogP contribution in [0.2, 0.25) is 0 Å². The first-order valence-electron chi connectivity index (χ1n) is 5.03. The molecule has 17 heavy (non-hydrogen) atoms. The van der Waals surface area contributed by atoms with Gasteiger partial charge in [0.05, 0.1) is 5.56 Å². The van der Waals surface area contributed by atoms with E-state index in [0.717, 1.165) is 10.0 Å². The summed E-state index contributed by atoms with van der Waals surface area (Å²) >= 11 is 3.42. The maximum Gasteiger partial charge on any atom is 0.259 e. The largest absolute Gasteiger partial charge is 0.399 e. The molecule has 0 aliphatic rings. The van der Waals surface area contributed by atoms with Crippen molar-refractivity contribution in [3.8, 4) is 11.5 Å². The summed E-state index contributed by atoms with van der Waals surface area (Å²) in [6.07, 6.45) is -0.202. The molecule has 0 amide bonds. The minimum Gasteiger partial charge on any atom is -0.399 e. The van der Waals surface area contributed by atoms with Crippen LogP contribution >= 0.6 is 15.9 Å². The number of nitrogen functional groups attached to an aromatic ring is 1. The Hall–Kier alpha value is -1.40. The molecule has 6 heteroatoms. The molecule has 2 rings (SSSR count). The van der Waals surface area contributed by atoms with Crippen molar-refractivity contribution < 1.29 is 9.26 Å². The summed E-state index contributed by atoms with van der Waals surface area (Å²) in [7, 11) is 1.59. The fourth-order valence-corrected chi connectivity index (χ4v) is 1.74. The Morgan fingerprint density at radius 1 is 1.47 bits per heavy atom. The topological polar surface area (TPSA) is 74.2 Å². The third kappa shape index (κ3) is 2.48. The minimum absolute atomic E-state index is 0.202. The van der Waals surface area contributed by atoms with Gasteiger partial charge in [-0.15, -0.1) is 0 Å². The van der Waals surface area contributed by atoms with E-state index >= 15 is 0 Å². The highest BCUT2D eigenvalue weighted by Crippen LogP contribution is 2.29. The lowest BCUT2D eigenvalue weighted by molar-refractivity contribution is 0.109. The van der Waals surface area contributed by atoms with Crippen molar-refractivity contribution in [3.63, 3.8) is 0 Å². The number of nitrogens with two attached hydrogens (primary N) is 1. The van der Waals surface area contributed by atoms with Crippen molar-refractivity contribution in [3.05, 3.63) is 28.5 Å². The first-order chi connectivity index (χ1) is 8.11. The summed E-state index contributed by atoms with van der Waals surface area (Å²) in [5.41, 5.74) is 7.13. The maximum atomic E-state index is 5.72. The molecule has 1 heterocycles. The number of halogens is 1. The second kappa shape index (κ2) is 4.85.